The van der Waals surface area contributed by atoms with E-state index >= 15 is 0 Å². The van der Waals surface area contributed by atoms with Crippen LogP contribution in [0.2, 0.25) is 0 Å². The molecule has 0 fully saturated rings. The van der Waals surface area contributed by atoms with Gasteiger partial charge in [-0.25, -0.2) is 4.98 Å². The van der Waals surface area contributed by atoms with Gasteiger partial charge < -0.3 is 10.5 Å². The molecule has 1 rings (SSSR count). The molecule has 3 N–H and O–H groups in total. The van der Waals surface area contributed by atoms with Gasteiger partial charge in [-0.15, -0.1) is 0 Å². The highest BCUT2D eigenvalue weighted by molar-refractivity contribution is 5.95. The Labute approximate surface area is 96.3 Å². The first-order chi connectivity index (χ1) is 7.65. The van der Waals surface area contributed by atoms with Crippen molar-refractivity contribution in [2.24, 2.45) is 11.7 Å². The van der Waals surface area contributed by atoms with Gasteiger partial charge >= 0.3 is 0 Å². The molecule has 0 aromatic carbocycles. The van der Waals surface area contributed by atoms with E-state index in [9.17, 15) is 0 Å². The van der Waals surface area contributed by atoms with Crippen LogP contribution in [-0.2, 0) is 0 Å². The number of nitrogens with one attached hydrogen (secondary N) is 1. The van der Waals surface area contributed by atoms with Crippen LogP contribution in [0.5, 0.6) is 5.75 Å². The lowest BCUT2D eigenvalue weighted by Gasteiger charge is -2.13. The lowest BCUT2D eigenvalue weighted by atomic mass is 10.1. The van der Waals surface area contributed by atoms with Crippen molar-refractivity contribution in [2.75, 3.05) is 6.61 Å². The van der Waals surface area contributed by atoms with E-state index in [0.29, 0.717) is 24.0 Å². The molecule has 0 spiro atoms. The second-order valence-corrected chi connectivity index (χ2v) is 3.97. The Morgan fingerprint density at radius 2 is 2.38 bits per heavy atom. The van der Waals surface area contributed by atoms with Crippen molar-refractivity contribution in [1.29, 1.82) is 5.41 Å². The minimum absolute atomic E-state index is 0.0567. The molecular weight excluding hydrogens is 202 g/mol. The van der Waals surface area contributed by atoms with Crippen LogP contribution in [0.4, 0.5) is 0 Å². The summed E-state index contributed by atoms with van der Waals surface area (Å²) >= 11 is 0. The van der Waals surface area contributed by atoms with E-state index in [2.05, 4.69) is 18.8 Å². The number of rotatable bonds is 6. The van der Waals surface area contributed by atoms with E-state index in [-0.39, 0.29) is 5.84 Å². The number of amidine groups is 1. The predicted molar refractivity (Wildman–Crippen MR) is 64.8 cm³/mol. The van der Waals surface area contributed by atoms with Gasteiger partial charge in [0.1, 0.15) is 17.3 Å². The zero-order valence-corrected chi connectivity index (χ0v) is 9.86. The molecule has 4 heteroatoms. The third kappa shape index (κ3) is 3.53. The molecule has 88 valence electrons. The number of nitrogen functional groups attached to an aromatic ring is 1. The first-order valence-corrected chi connectivity index (χ1v) is 5.57. The molecule has 0 saturated heterocycles. The minimum atomic E-state index is -0.0567. The highest BCUT2D eigenvalue weighted by Crippen LogP contribution is 2.16. The van der Waals surface area contributed by atoms with Gasteiger partial charge in [-0.3, -0.25) is 5.41 Å². The van der Waals surface area contributed by atoms with Crippen LogP contribution >= 0.6 is 0 Å². The molecule has 1 aromatic rings. The monoisotopic (exact) mass is 221 g/mol. The molecule has 1 unspecified atom stereocenters. The Morgan fingerprint density at radius 1 is 1.62 bits per heavy atom. The molecule has 0 bridgehead atoms. The van der Waals surface area contributed by atoms with Crippen LogP contribution in [0.1, 0.15) is 32.4 Å². The smallest absolute Gasteiger partial charge is 0.148 e. The quantitative estimate of drug-likeness (QED) is 0.571. The third-order valence-electron chi connectivity index (χ3n) is 2.33. The summed E-state index contributed by atoms with van der Waals surface area (Å²) in [6.45, 7) is 4.94. The van der Waals surface area contributed by atoms with Gasteiger partial charge in [-0.1, -0.05) is 20.3 Å². The molecule has 0 aliphatic carbocycles. The lowest BCUT2D eigenvalue weighted by molar-refractivity contribution is 0.250. The lowest BCUT2D eigenvalue weighted by Crippen LogP contribution is -2.16. The predicted octanol–water partition coefficient (Wildman–Crippen LogP) is 2.18. The molecule has 1 atom stereocenters. The third-order valence-corrected chi connectivity index (χ3v) is 2.33. The number of hydrogen-bond acceptors (Lipinski definition) is 3. The summed E-state index contributed by atoms with van der Waals surface area (Å²) < 4.78 is 5.63. The molecule has 0 aliphatic rings. The first-order valence-electron chi connectivity index (χ1n) is 5.57. The van der Waals surface area contributed by atoms with Crippen molar-refractivity contribution in [3.8, 4) is 5.75 Å². The van der Waals surface area contributed by atoms with Crippen LogP contribution in [-0.4, -0.2) is 17.4 Å². The molecule has 0 saturated carbocycles. The Kier molecular flexibility index (Phi) is 4.76. The fourth-order valence-electron chi connectivity index (χ4n) is 1.52. The number of ether oxygens (including phenoxy) is 1. The van der Waals surface area contributed by atoms with Gasteiger partial charge in [-0.05, 0) is 24.5 Å². The van der Waals surface area contributed by atoms with Crippen molar-refractivity contribution in [1.82, 2.24) is 4.98 Å². The van der Waals surface area contributed by atoms with E-state index in [4.69, 9.17) is 15.9 Å². The van der Waals surface area contributed by atoms with Crippen LogP contribution in [0.3, 0.4) is 0 Å². The van der Waals surface area contributed by atoms with Gasteiger partial charge in [0.2, 0.25) is 0 Å². The fourth-order valence-corrected chi connectivity index (χ4v) is 1.52. The maximum absolute atomic E-state index is 7.38. The topological polar surface area (TPSA) is 72.0 Å². The Balaban J connectivity index is 2.63. The second kappa shape index (κ2) is 6.10. The van der Waals surface area contributed by atoms with Crippen LogP contribution in [0, 0.1) is 11.3 Å². The first kappa shape index (κ1) is 12.5. The number of hydrogen-bond donors (Lipinski definition) is 2. The average molecular weight is 221 g/mol. The zero-order chi connectivity index (χ0) is 12.0. The Bertz CT molecular complexity index is 352. The summed E-state index contributed by atoms with van der Waals surface area (Å²) in [5.74, 6) is 1.04. The standard InChI is InChI=1S/C12H19N3O/c1-3-5-9(2)8-16-10-6-4-7-15-11(10)12(13)14/h4,6-7,9H,3,5,8H2,1-2H3,(H3,13,14). The summed E-state index contributed by atoms with van der Waals surface area (Å²) in [6, 6.07) is 3.58. The van der Waals surface area contributed by atoms with Crippen molar-refractivity contribution < 1.29 is 4.74 Å². The van der Waals surface area contributed by atoms with Crippen molar-refractivity contribution in [3.05, 3.63) is 24.0 Å². The Hall–Kier alpha value is -1.58. The summed E-state index contributed by atoms with van der Waals surface area (Å²) in [5, 5.41) is 7.38. The van der Waals surface area contributed by atoms with Crippen LogP contribution in [0.25, 0.3) is 0 Å². The average Bonchev–Trinajstić information content (AvgIpc) is 2.27. The van der Waals surface area contributed by atoms with Gasteiger partial charge in [0.15, 0.2) is 0 Å². The zero-order valence-electron chi connectivity index (χ0n) is 9.86. The maximum atomic E-state index is 7.38. The largest absolute Gasteiger partial charge is 0.491 e. The SMILES string of the molecule is CCCC(C)COc1cccnc1C(=N)N. The highest BCUT2D eigenvalue weighted by Gasteiger charge is 2.09. The number of nitrogens with two attached hydrogens (primary N) is 1. The summed E-state index contributed by atoms with van der Waals surface area (Å²) in [7, 11) is 0. The minimum Gasteiger partial charge on any atom is -0.491 e. The summed E-state index contributed by atoms with van der Waals surface area (Å²) in [4.78, 5) is 4.03. The number of nitrogens with zero attached hydrogens (tertiary/aromatic N) is 1. The molecule has 1 aromatic heterocycles. The molecule has 0 amide bonds. The van der Waals surface area contributed by atoms with E-state index < -0.39 is 0 Å². The van der Waals surface area contributed by atoms with E-state index in [1.165, 1.54) is 0 Å². The second-order valence-electron chi connectivity index (χ2n) is 3.97. The van der Waals surface area contributed by atoms with Crippen LogP contribution < -0.4 is 10.5 Å². The molecule has 0 radical (unpaired) electrons. The van der Waals surface area contributed by atoms with Crippen LogP contribution in [0.15, 0.2) is 18.3 Å². The fraction of sp³-hybridized carbons (Fsp3) is 0.500. The van der Waals surface area contributed by atoms with Gasteiger partial charge in [0.25, 0.3) is 0 Å². The normalized spacial score (nSPS) is 12.1. The molecule has 1 heterocycles. The number of aromatic nitrogens is 1. The number of pyridine rings is 1. The summed E-state index contributed by atoms with van der Waals surface area (Å²) in [6.07, 6.45) is 3.89. The van der Waals surface area contributed by atoms with Crippen molar-refractivity contribution >= 4 is 5.84 Å². The Morgan fingerprint density at radius 3 is 3.00 bits per heavy atom. The van der Waals surface area contributed by atoms with E-state index in [0.717, 1.165) is 12.8 Å². The van der Waals surface area contributed by atoms with E-state index in [1.807, 2.05) is 0 Å². The van der Waals surface area contributed by atoms with E-state index in [1.54, 1.807) is 18.3 Å². The molecule has 0 aliphatic heterocycles. The molecule has 16 heavy (non-hydrogen) atoms. The van der Waals surface area contributed by atoms with Gasteiger partial charge in [0.05, 0.1) is 6.61 Å². The maximum Gasteiger partial charge on any atom is 0.148 e. The van der Waals surface area contributed by atoms with Crippen molar-refractivity contribution in [2.45, 2.75) is 26.7 Å². The van der Waals surface area contributed by atoms with Gasteiger partial charge in [0, 0.05) is 6.20 Å². The van der Waals surface area contributed by atoms with Gasteiger partial charge in [-0.2, -0.15) is 0 Å². The molecular formula is C12H19N3O. The highest BCUT2D eigenvalue weighted by atomic mass is 16.5. The van der Waals surface area contributed by atoms with Crippen molar-refractivity contribution in [3.63, 3.8) is 0 Å². The summed E-state index contributed by atoms with van der Waals surface area (Å²) in [5.41, 5.74) is 5.84. The molecule has 4 nitrogen and oxygen atoms in total.